The largest absolute Gasteiger partial charge is 0.505 e. The average molecular weight is 225 g/mol. The molecule has 88 valence electrons. The van der Waals surface area contributed by atoms with Crippen LogP contribution in [0.1, 0.15) is 12.0 Å². The molecule has 0 radical (unpaired) electrons. The van der Waals surface area contributed by atoms with E-state index in [0.717, 1.165) is 13.0 Å². The average Bonchev–Trinajstić information content (AvgIpc) is 2.29. The monoisotopic (exact) mass is 225 g/mol. The van der Waals surface area contributed by atoms with Gasteiger partial charge in [0.1, 0.15) is 0 Å². The molecule has 0 fully saturated rings. The van der Waals surface area contributed by atoms with Gasteiger partial charge in [-0.05, 0) is 19.0 Å². The number of hydrogen-bond donors (Lipinski definition) is 2. The molecule has 0 saturated heterocycles. The third-order valence-corrected chi connectivity index (χ3v) is 2.12. The highest BCUT2D eigenvalue weighted by molar-refractivity contribution is 5.33. The van der Waals surface area contributed by atoms with Crippen LogP contribution in [0.5, 0.6) is 5.75 Å². The van der Waals surface area contributed by atoms with Crippen LogP contribution in [0, 0.1) is 5.82 Å². The topological polar surface area (TPSA) is 41.5 Å². The highest BCUT2D eigenvalue weighted by Gasteiger charge is 2.04. The van der Waals surface area contributed by atoms with E-state index in [9.17, 15) is 9.50 Å². The van der Waals surface area contributed by atoms with Gasteiger partial charge in [-0.15, -0.1) is 0 Å². The standard InChI is InChI=1S/C12H16FNO2/c1-2-16-8-4-7-14-9-10-5-3-6-11(13)12(10)15/h2-3,5-6,14-15H,1,4,7-9H2. The number of aromatic hydroxyl groups is 1. The molecule has 3 nitrogen and oxygen atoms in total. The first-order valence-electron chi connectivity index (χ1n) is 5.15. The number of ether oxygens (including phenoxy) is 1. The summed E-state index contributed by atoms with van der Waals surface area (Å²) in [6.07, 6.45) is 2.24. The van der Waals surface area contributed by atoms with Gasteiger partial charge in [0, 0.05) is 12.1 Å². The van der Waals surface area contributed by atoms with E-state index in [1.165, 1.54) is 12.3 Å². The molecule has 0 saturated carbocycles. The first-order valence-corrected chi connectivity index (χ1v) is 5.15. The molecule has 0 heterocycles. The lowest BCUT2D eigenvalue weighted by Crippen LogP contribution is -2.16. The summed E-state index contributed by atoms with van der Waals surface area (Å²) in [6.45, 7) is 5.21. The predicted octanol–water partition coefficient (Wildman–Crippen LogP) is 2.17. The molecule has 2 N–H and O–H groups in total. The molecule has 0 aliphatic carbocycles. The zero-order valence-corrected chi connectivity index (χ0v) is 9.08. The van der Waals surface area contributed by atoms with Gasteiger partial charge in [-0.1, -0.05) is 18.7 Å². The lowest BCUT2D eigenvalue weighted by molar-refractivity contribution is 0.244. The summed E-state index contributed by atoms with van der Waals surface area (Å²) < 4.78 is 17.9. The summed E-state index contributed by atoms with van der Waals surface area (Å²) in [5, 5.41) is 12.5. The number of para-hydroxylation sites is 1. The fourth-order valence-electron chi connectivity index (χ4n) is 1.29. The van der Waals surface area contributed by atoms with Crippen molar-refractivity contribution >= 4 is 0 Å². The molecule has 0 atom stereocenters. The second kappa shape index (κ2) is 6.85. The normalized spacial score (nSPS) is 10.1. The Morgan fingerprint density at radius 3 is 3.06 bits per heavy atom. The van der Waals surface area contributed by atoms with E-state index in [1.54, 1.807) is 12.1 Å². The number of phenolic OH excluding ortho intramolecular Hbond substituents is 1. The maximum absolute atomic E-state index is 12.9. The number of benzene rings is 1. The maximum Gasteiger partial charge on any atom is 0.165 e. The number of hydrogen-bond acceptors (Lipinski definition) is 3. The van der Waals surface area contributed by atoms with Crippen LogP contribution in [0.4, 0.5) is 4.39 Å². The lowest BCUT2D eigenvalue weighted by atomic mass is 10.2. The van der Waals surface area contributed by atoms with Crippen LogP contribution in [-0.4, -0.2) is 18.3 Å². The number of phenols is 1. The number of nitrogens with one attached hydrogen (secondary N) is 1. The summed E-state index contributed by atoms with van der Waals surface area (Å²) in [4.78, 5) is 0. The predicted molar refractivity (Wildman–Crippen MR) is 60.5 cm³/mol. The first kappa shape index (κ1) is 12.5. The molecule has 0 unspecified atom stereocenters. The molecule has 1 rings (SSSR count). The summed E-state index contributed by atoms with van der Waals surface area (Å²) >= 11 is 0. The summed E-state index contributed by atoms with van der Waals surface area (Å²) in [7, 11) is 0. The van der Waals surface area contributed by atoms with Gasteiger partial charge in [0.25, 0.3) is 0 Å². The van der Waals surface area contributed by atoms with Crippen molar-refractivity contribution in [2.45, 2.75) is 13.0 Å². The molecule has 4 heteroatoms. The Morgan fingerprint density at radius 2 is 2.31 bits per heavy atom. The second-order valence-electron chi connectivity index (χ2n) is 3.32. The summed E-state index contributed by atoms with van der Waals surface area (Å²) in [6, 6.07) is 4.50. The molecule has 1 aromatic carbocycles. The minimum atomic E-state index is -0.589. The van der Waals surface area contributed by atoms with Crippen molar-refractivity contribution in [3.8, 4) is 5.75 Å². The molecule has 1 aromatic rings. The van der Waals surface area contributed by atoms with Crippen LogP contribution in [0.3, 0.4) is 0 Å². The molecule has 0 bridgehead atoms. The highest BCUT2D eigenvalue weighted by atomic mass is 19.1. The van der Waals surface area contributed by atoms with Gasteiger partial charge in [0.05, 0.1) is 12.9 Å². The van der Waals surface area contributed by atoms with Crippen molar-refractivity contribution in [1.29, 1.82) is 0 Å². The van der Waals surface area contributed by atoms with Crippen molar-refractivity contribution < 1.29 is 14.2 Å². The summed E-state index contributed by atoms with van der Waals surface area (Å²) in [5.41, 5.74) is 0.560. The smallest absolute Gasteiger partial charge is 0.165 e. The molecule has 0 spiro atoms. The quantitative estimate of drug-likeness (QED) is 0.552. The molecule has 16 heavy (non-hydrogen) atoms. The van der Waals surface area contributed by atoms with E-state index < -0.39 is 5.82 Å². The van der Waals surface area contributed by atoms with Gasteiger partial charge in [-0.3, -0.25) is 0 Å². The van der Waals surface area contributed by atoms with Gasteiger partial charge >= 0.3 is 0 Å². The minimum Gasteiger partial charge on any atom is -0.505 e. The van der Waals surface area contributed by atoms with E-state index in [-0.39, 0.29) is 5.75 Å². The molecular formula is C12H16FNO2. The van der Waals surface area contributed by atoms with Gasteiger partial charge in [0.15, 0.2) is 11.6 Å². The zero-order chi connectivity index (χ0) is 11.8. The van der Waals surface area contributed by atoms with Gasteiger partial charge < -0.3 is 15.2 Å². The lowest BCUT2D eigenvalue weighted by Gasteiger charge is -2.07. The first-order chi connectivity index (χ1) is 7.75. The zero-order valence-electron chi connectivity index (χ0n) is 9.08. The molecule has 0 aliphatic rings. The summed E-state index contributed by atoms with van der Waals surface area (Å²) in [5.74, 6) is -0.869. The van der Waals surface area contributed by atoms with Crippen LogP contribution in [0.15, 0.2) is 31.0 Å². The van der Waals surface area contributed by atoms with Crippen molar-refractivity contribution in [2.75, 3.05) is 13.2 Å². The van der Waals surface area contributed by atoms with Gasteiger partial charge in [-0.2, -0.15) is 0 Å². The van der Waals surface area contributed by atoms with Crippen LogP contribution in [0.2, 0.25) is 0 Å². The SMILES string of the molecule is C=COCCCNCc1cccc(F)c1O. The van der Waals surface area contributed by atoms with Crippen LogP contribution in [-0.2, 0) is 11.3 Å². The van der Waals surface area contributed by atoms with E-state index in [0.29, 0.717) is 18.7 Å². The Labute approximate surface area is 94.6 Å². The van der Waals surface area contributed by atoms with Crippen molar-refractivity contribution in [3.63, 3.8) is 0 Å². The van der Waals surface area contributed by atoms with Crippen LogP contribution < -0.4 is 5.32 Å². The number of rotatable bonds is 7. The molecule has 0 amide bonds. The van der Waals surface area contributed by atoms with E-state index >= 15 is 0 Å². The Morgan fingerprint density at radius 1 is 1.50 bits per heavy atom. The van der Waals surface area contributed by atoms with Crippen molar-refractivity contribution in [1.82, 2.24) is 5.32 Å². The van der Waals surface area contributed by atoms with E-state index in [4.69, 9.17) is 4.74 Å². The van der Waals surface area contributed by atoms with E-state index in [1.807, 2.05) is 0 Å². The van der Waals surface area contributed by atoms with Crippen LogP contribution in [0.25, 0.3) is 0 Å². The molecular weight excluding hydrogens is 209 g/mol. The van der Waals surface area contributed by atoms with Gasteiger partial charge in [-0.25, -0.2) is 4.39 Å². The van der Waals surface area contributed by atoms with Crippen molar-refractivity contribution in [2.24, 2.45) is 0 Å². The Kier molecular flexibility index (Phi) is 5.36. The molecule has 0 aliphatic heterocycles. The van der Waals surface area contributed by atoms with Crippen LogP contribution >= 0.6 is 0 Å². The Balaban J connectivity index is 2.26. The third kappa shape index (κ3) is 3.90. The fraction of sp³-hybridized carbons (Fsp3) is 0.333. The Bertz CT molecular complexity index is 342. The van der Waals surface area contributed by atoms with E-state index in [2.05, 4.69) is 11.9 Å². The van der Waals surface area contributed by atoms with Gasteiger partial charge in [0.2, 0.25) is 0 Å². The fourth-order valence-corrected chi connectivity index (χ4v) is 1.29. The highest BCUT2D eigenvalue weighted by Crippen LogP contribution is 2.20. The third-order valence-electron chi connectivity index (χ3n) is 2.12. The number of halogens is 1. The maximum atomic E-state index is 12.9. The molecule has 0 aromatic heterocycles. The Hall–Kier alpha value is -1.55. The van der Waals surface area contributed by atoms with Crippen molar-refractivity contribution in [3.05, 3.63) is 42.4 Å². The minimum absolute atomic E-state index is 0.280. The second-order valence-corrected chi connectivity index (χ2v) is 3.32.